The Morgan fingerprint density at radius 1 is 1.19 bits per heavy atom. The Morgan fingerprint density at radius 3 is 2.67 bits per heavy atom. The van der Waals surface area contributed by atoms with Gasteiger partial charge in [-0.05, 0) is 40.8 Å². The molecule has 0 spiro atoms. The van der Waals surface area contributed by atoms with Crippen molar-refractivity contribution in [3.05, 3.63) is 34.7 Å². The first-order valence-electron chi connectivity index (χ1n) is 7.31. The molecule has 0 bridgehead atoms. The zero-order chi connectivity index (χ0) is 15.2. The molecule has 0 atom stereocenters. The molecule has 2 aromatic heterocycles. The van der Waals surface area contributed by atoms with E-state index in [2.05, 4.69) is 57.0 Å². The summed E-state index contributed by atoms with van der Waals surface area (Å²) in [5, 5.41) is 3.35. The van der Waals surface area contributed by atoms with Crippen molar-refractivity contribution in [3.63, 3.8) is 0 Å². The van der Waals surface area contributed by atoms with Gasteiger partial charge >= 0.3 is 0 Å². The van der Waals surface area contributed by atoms with E-state index in [-0.39, 0.29) is 0 Å². The van der Waals surface area contributed by atoms with Crippen LogP contribution >= 0.6 is 15.9 Å². The SMILES string of the molecule is CCCNc1cc(CC(C)C)nc(-c2cncc(Br)c2)n1. The fraction of sp³-hybridized carbons (Fsp3) is 0.438. The Balaban J connectivity index is 2.38. The molecule has 0 aromatic carbocycles. The third-order valence-electron chi connectivity index (χ3n) is 2.92. The Labute approximate surface area is 134 Å². The molecule has 0 saturated heterocycles. The minimum Gasteiger partial charge on any atom is -0.370 e. The maximum Gasteiger partial charge on any atom is 0.163 e. The van der Waals surface area contributed by atoms with E-state index in [0.717, 1.165) is 46.8 Å². The standard InChI is InChI=1S/C16H21BrN4/c1-4-5-19-15-8-14(6-11(2)3)20-16(21-15)12-7-13(17)10-18-9-12/h7-11H,4-6H2,1-3H3,(H,19,20,21). The maximum atomic E-state index is 4.68. The Morgan fingerprint density at radius 2 is 2.00 bits per heavy atom. The largest absolute Gasteiger partial charge is 0.370 e. The van der Waals surface area contributed by atoms with Crippen LogP contribution in [-0.4, -0.2) is 21.5 Å². The number of rotatable bonds is 6. The van der Waals surface area contributed by atoms with Gasteiger partial charge in [-0.1, -0.05) is 20.8 Å². The third-order valence-corrected chi connectivity index (χ3v) is 3.35. The fourth-order valence-corrected chi connectivity index (χ4v) is 2.39. The zero-order valence-electron chi connectivity index (χ0n) is 12.7. The lowest BCUT2D eigenvalue weighted by molar-refractivity contribution is 0.635. The summed E-state index contributed by atoms with van der Waals surface area (Å²) >= 11 is 3.45. The van der Waals surface area contributed by atoms with Gasteiger partial charge in [-0.15, -0.1) is 0 Å². The molecule has 1 N–H and O–H groups in total. The zero-order valence-corrected chi connectivity index (χ0v) is 14.3. The Bertz CT molecular complexity index is 599. The number of nitrogens with one attached hydrogen (secondary N) is 1. The van der Waals surface area contributed by atoms with Crippen molar-refractivity contribution in [1.29, 1.82) is 0 Å². The monoisotopic (exact) mass is 348 g/mol. The predicted molar refractivity (Wildman–Crippen MR) is 90.3 cm³/mol. The van der Waals surface area contributed by atoms with Crippen molar-refractivity contribution in [2.75, 3.05) is 11.9 Å². The second kappa shape index (κ2) is 7.50. The summed E-state index contributed by atoms with van der Waals surface area (Å²) in [5.74, 6) is 2.17. The van der Waals surface area contributed by atoms with Gasteiger partial charge in [-0.25, -0.2) is 9.97 Å². The Kier molecular flexibility index (Phi) is 5.67. The van der Waals surface area contributed by atoms with E-state index in [0.29, 0.717) is 5.92 Å². The molecule has 0 aliphatic rings. The van der Waals surface area contributed by atoms with E-state index in [9.17, 15) is 0 Å². The number of anilines is 1. The smallest absolute Gasteiger partial charge is 0.163 e. The van der Waals surface area contributed by atoms with E-state index in [1.807, 2.05) is 12.1 Å². The van der Waals surface area contributed by atoms with Crippen LogP contribution in [0, 0.1) is 5.92 Å². The lowest BCUT2D eigenvalue weighted by Crippen LogP contribution is -2.07. The van der Waals surface area contributed by atoms with Gasteiger partial charge in [-0.2, -0.15) is 0 Å². The molecule has 0 unspecified atom stereocenters. The molecule has 0 radical (unpaired) electrons. The lowest BCUT2D eigenvalue weighted by atomic mass is 10.1. The molecule has 112 valence electrons. The summed E-state index contributed by atoms with van der Waals surface area (Å²) in [5.41, 5.74) is 1.99. The van der Waals surface area contributed by atoms with Crippen LogP contribution in [0.3, 0.4) is 0 Å². The van der Waals surface area contributed by atoms with Crippen molar-refractivity contribution in [2.24, 2.45) is 5.92 Å². The number of halogens is 1. The average molecular weight is 349 g/mol. The predicted octanol–water partition coefficient (Wildman–Crippen LogP) is 4.32. The van der Waals surface area contributed by atoms with Crippen LogP contribution in [0.2, 0.25) is 0 Å². The molecular weight excluding hydrogens is 328 g/mol. The minimum absolute atomic E-state index is 0.562. The summed E-state index contributed by atoms with van der Waals surface area (Å²) in [6, 6.07) is 4.04. The molecule has 2 aromatic rings. The van der Waals surface area contributed by atoms with Crippen LogP contribution in [0.15, 0.2) is 29.0 Å². The highest BCUT2D eigenvalue weighted by Crippen LogP contribution is 2.21. The van der Waals surface area contributed by atoms with Crippen molar-refractivity contribution in [1.82, 2.24) is 15.0 Å². The number of hydrogen-bond donors (Lipinski definition) is 1. The first-order chi connectivity index (χ1) is 10.1. The van der Waals surface area contributed by atoms with Gasteiger partial charge < -0.3 is 5.32 Å². The second-order valence-electron chi connectivity index (χ2n) is 5.48. The molecule has 0 aliphatic heterocycles. The molecule has 0 saturated carbocycles. The number of nitrogens with zero attached hydrogens (tertiary/aromatic N) is 3. The summed E-state index contributed by atoms with van der Waals surface area (Å²) in [4.78, 5) is 13.5. The normalized spacial score (nSPS) is 10.9. The van der Waals surface area contributed by atoms with E-state index >= 15 is 0 Å². The quantitative estimate of drug-likeness (QED) is 0.844. The number of aromatic nitrogens is 3. The van der Waals surface area contributed by atoms with Crippen LogP contribution in [0.25, 0.3) is 11.4 Å². The topological polar surface area (TPSA) is 50.7 Å². The van der Waals surface area contributed by atoms with Crippen LogP contribution in [-0.2, 0) is 6.42 Å². The van der Waals surface area contributed by atoms with Gasteiger partial charge in [0.05, 0.1) is 0 Å². The van der Waals surface area contributed by atoms with Gasteiger partial charge in [0.15, 0.2) is 5.82 Å². The van der Waals surface area contributed by atoms with E-state index < -0.39 is 0 Å². The molecule has 4 nitrogen and oxygen atoms in total. The van der Waals surface area contributed by atoms with Crippen LogP contribution in [0.1, 0.15) is 32.9 Å². The van der Waals surface area contributed by atoms with Crippen molar-refractivity contribution >= 4 is 21.7 Å². The van der Waals surface area contributed by atoms with Gasteiger partial charge in [-0.3, -0.25) is 4.98 Å². The van der Waals surface area contributed by atoms with Crippen LogP contribution in [0.5, 0.6) is 0 Å². The summed E-state index contributed by atoms with van der Waals surface area (Å²) in [6.45, 7) is 7.44. The molecule has 0 fully saturated rings. The highest BCUT2D eigenvalue weighted by Gasteiger charge is 2.09. The molecule has 21 heavy (non-hydrogen) atoms. The molecule has 5 heteroatoms. The van der Waals surface area contributed by atoms with Gasteiger partial charge in [0, 0.05) is 40.7 Å². The molecule has 2 rings (SSSR count). The summed E-state index contributed by atoms with van der Waals surface area (Å²) in [6.07, 6.45) is 5.57. The molecular formula is C16H21BrN4. The van der Waals surface area contributed by atoms with Gasteiger partial charge in [0.2, 0.25) is 0 Å². The van der Waals surface area contributed by atoms with Crippen LogP contribution < -0.4 is 5.32 Å². The first kappa shape index (κ1) is 15.9. The third kappa shape index (κ3) is 4.77. The van der Waals surface area contributed by atoms with E-state index in [1.54, 1.807) is 12.4 Å². The lowest BCUT2D eigenvalue weighted by Gasteiger charge is -2.11. The average Bonchev–Trinajstić information content (AvgIpc) is 2.44. The highest BCUT2D eigenvalue weighted by molar-refractivity contribution is 9.10. The van der Waals surface area contributed by atoms with Gasteiger partial charge in [0.25, 0.3) is 0 Å². The Hall–Kier alpha value is -1.49. The molecule has 0 amide bonds. The fourth-order valence-electron chi connectivity index (χ4n) is 2.03. The number of pyridine rings is 1. The summed E-state index contributed by atoms with van der Waals surface area (Å²) in [7, 11) is 0. The summed E-state index contributed by atoms with van der Waals surface area (Å²) < 4.78 is 0.931. The molecule has 2 heterocycles. The maximum absolute atomic E-state index is 4.68. The first-order valence-corrected chi connectivity index (χ1v) is 8.10. The van der Waals surface area contributed by atoms with Crippen LogP contribution in [0.4, 0.5) is 5.82 Å². The van der Waals surface area contributed by atoms with Crippen molar-refractivity contribution < 1.29 is 0 Å². The van der Waals surface area contributed by atoms with Crippen molar-refractivity contribution in [3.8, 4) is 11.4 Å². The van der Waals surface area contributed by atoms with E-state index in [1.165, 1.54) is 0 Å². The minimum atomic E-state index is 0.562. The number of hydrogen-bond acceptors (Lipinski definition) is 4. The molecule has 0 aliphatic carbocycles. The van der Waals surface area contributed by atoms with Crippen molar-refractivity contribution in [2.45, 2.75) is 33.6 Å². The second-order valence-corrected chi connectivity index (χ2v) is 6.40. The van der Waals surface area contributed by atoms with E-state index in [4.69, 9.17) is 0 Å². The highest BCUT2D eigenvalue weighted by atomic mass is 79.9. The van der Waals surface area contributed by atoms with Gasteiger partial charge in [0.1, 0.15) is 5.82 Å².